The lowest BCUT2D eigenvalue weighted by Crippen LogP contribution is -2.23. The van der Waals surface area contributed by atoms with Gasteiger partial charge in [-0.25, -0.2) is 4.79 Å². The molecule has 2 rings (SSSR count). The maximum atomic E-state index is 11.4. The van der Waals surface area contributed by atoms with Crippen molar-refractivity contribution < 1.29 is 19.0 Å². The summed E-state index contributed by atoms with van der Waals surface area (Å²) in [4.78, 5) is 11.4. The van der Waals surface area contributed by atoms with E-state index in [0.717, 1.165) is 11.3 Å². The lowest BCUT2D eigenvalue weighted by Gasteiger charge is -2.08. The van der Waals surface area contributed by atoms with Crippen LogP contribution in [-0.4, -0.2) is 38.6 Å². The molecule has 0 heterocycles. The molecule has 2 N–H and O–H groups in total. The number of benzene rings is 2. The lowest BCUT2D eigenvalue weighted by molar-refractivity contribution is 0.0601. The maximum Gasteiger partial charge on any atom is 0.337 e. The molecule has 7 nitrogen and oxygen atoms in total. The summed E-state index contributed by atoms with van der Waals surface area (Å²) in [5.74, 6) is 0.866. The van der Waals surface area contributed by atoms with Crippen LogP contribution in [0.1, 0.15) is 15.9 Å². The van der Waals surface area contributed by atoms with Gasteiger partial charge in [-0.1, -0.05) is 0 Å². The van der Waals surface area contributed by atoms with Gasteiger partial charge >= 0.3 is 5.97 Å². The smallest absolute Gasteiger partial charge is 0.337 e. The highest BCUT2D eigenvalue weighted by molar-refractivity contribution is 7.80. The molecule has 136 valence electrons. The van der Waals surface area contributed by atoms with E-state index < -0.39 is 5.97 Å². The average Bonchev–Trinajstić information content (AvgIpc) is 2.67. The standard InChI is InChI=1S/C18H19N3O4S/c1-23-15-9-4-12(10-16(15)24-2)11-19-21-18(26)20-14-7-5-13(6-8-14)17(22)25-3/h4-11H,1-3H3,(H2,20,21,26)/b19-11-. The zero-order chi connectivity index (χ0) is 18.9. The number of hydrogen-bond acceptors (Lipinski definition) is 6. The fourth-order valence-corrected chi connectivity index (χ4v) is 2.24. The second-order valence-electron chi connectivity index (χ2n) is 5.01. The summed E-state index contributed by atoms with van der Waals surface area (Å²) in [5, 5.41) is 7.35. The van der Waals surface area contributed by atoms with Crippen molar-refractivity contribution >= 4 is 35.2 Å². The molecule has 0 bridgehead atoms. The molecule has 0 aliphatic carbocycles. The van der Waals surface area contributed by atoms with Gasteiger partial charge in [-0.15, -0.1) is 0 Å². The third kappa shape index (κ3) is 5.18. The Kier molecular flexibility index (Phi) is 6.92. The van der Waals surface area contributed by atoms with Crippen LogP contribution in [0.3, 0.4) is 0 Å². The van der Waals surface area contributed by atoms with Gasteiger partial charge in [0.1, 0.15) is 0 Å². The van der Waals surface area contributed by atoms with Crippen molar-refractivity contribution in [3.63, 3.8) is 0 Å². The predicted octanol–water partition coefficient (Wildman–Crippen LogP) is 2.81. The Labute approximate surface area is 157 Å². The summed E-state index contributed by atoms with van der Waals surface area (Å²) in [6, 6.07) is 12.2. The van der Waals surface area contributed by atoms with Crippen LogP contribution in [0.15, 0.2) is 47.6 Å². The van der Waals surface area contributed by atoms with E-state index in [0.29, 0.717) is 22.2 Å². The van der Waals surface area contributed by atoms with Crippen molar-refractivity contribution in [1.29, 1.82) is 0 Å². The molecule has 0 aromatic heterocycles. The van der Waals surface area contributed by atoms with E-state index >= 15 is 0 Å². The number of thiocarbonyl (C=S) groups is 1. The van der Waals surface area contributed by atoms with Gasteiger partial charge in [0.05, 0.1) is 33.1 Å². The number of carbonyl (C=O) groups is 1. The van der Waals surface area contributed by atoms with Crippen LogP contribution >= 0.6 is 12.2 Å². The van der Waals surface area contributed by atoms with Gasteiger partial charge in [-0.3, -0.25) is 5.43 Å². The van der Waals surface area contributed by atoms with Crippen molar-refractivity contribution in [2.45, 2.75) is 0 Å². The second-order valence-corrected chi connectivity index (χ2v) is 5.42. The first-order valence-corrected chi connectivity index (χ1v) is 7.98. The first-order chi connectivity index (χ1) is 12.6. The van der Waals surface area contributed by atoms with E-state index in [1.54, 1.807) is 56.8 Å². The molecule has 0 unspecified atom stereocenters. The number of rotatable bonds is 6. The van der Waals surface area contributed by atoms with Gasteiger partial charge in [-0.05, 0) is 60.2 Å². The number of esters is 1. The number of ether oxygens (including phenoxy) is 3. The Bertz CT molecular complexity index is 807. The number of methoxy groups -OCH3 is 3. The fourth-order valence-electron chi connectivity index (χ4n) is 2.07. The van der Waals surface area contributed by atoms with Gasteiger partial charge in [0, 0.05) is 5.69 Å². The molecule has 2 aromatic carbocycles. The van der Waals surface area contributed by atoms with Crippen LogP contribution in [0.5, 0.6) is 11.5 Å². The lowest BCUT2D eigenvalue weighted by atomic mass is 10.2. The summed E-state index contributed by atoms with van der Waals surface area (Å²) >= 11 is 5.17. The molecule has 0 radical (unpaired) electrons. The highest BCUT2D eigenvalue weighted by Crippen LogP contribution is 2.26. The van der Waals surface area contributed by atoms with Gasteiger partial charge < -0.3 is 19.5 Å². The van der Waals surface area contributed by atoms with E-state index in [9.17, 15) is 4.79 Å². The minimum Gasteiger partial charge on any atom is -0.493 e. The average molecular weight is 373 g/mol. The topological polar surface area (TPSA) is 81.2 Å². The Morgan fingerprint density at radius 2 is 1.73 bits per heavy atom. The summed E-state index contributed by atoms with van der Waals surface area (Å²) in [6.45, 7) is 0. The third-order valence-electron chi connectivity index (χ3n) is 3.35. The van der Waals surface area contributed by atoms with Gasteiger partial charge in [-0.2, -0.15) is 5.10 Å². The molecule has 0 saturated heterocycles. The van der Waals surface area contributed by atoms with Crippen LogP contribution < -0.4 is 20.2 Å². The van der Waals surface area contributed by atoms with Crippen molar-refractivity contribution in [3.05, 3.63) is 53.6 Å². The molecular weight excluding hydrogens is 354 g/mol. The van der Waals surface area contributed by atoms with Crippen LogP contribution in [0.25, 0.3) is 0 Å². The Hall–Kier alpha value is -3.13. The Morgan fingerprint density at radius 1 is 1.04 bits per heavy atom. The molecule has 26 heavy (non-hydrogen) atoms. The van der Waals surface area contributed by atoms with Crippen LogP contribution in [0.2, 0.25) is 0 Å². The molecular formula is C18H19N3O4S. The van der Waals surface area contributed by atoms with Gasteiger partial charge in [0.25, 0.3) is 0 Å². The zero-order valence-electron chi connectivity index (χ0n) is 14.6. The molecule has 0 saturated carbocycles. The first-order valence-electron chi connectivity index (χ1n) is 7.58. The van der Waals surface area contributed by atoms with E-state index in [1.165, 1.54) is 7.11 Å². The van der Waals surface area contributed by atoms with Crippen LogP contribution in [-0.2, 0) is 4.74 Å². The molecule has 2 aromatic rings. The third-order valence-corrected chi connectivity index (χ3v) is 3.54. The number of nitrogens with zero attached hydrogens (tertiary/aromatic N) is 1. The predicted molar refractivity (Wildman–Crippen MR) is 104 cm³/mol. The van der Waals surface area contributed by atoms with E-state index in [-0.39, 0.29) is 0 Å². The van der Waals surface area contributed by atoms with Gasteiger partial charge in [0.2, 0.25) is 0 Å². The van der Waals surface area contributed by atoms with Crippen LogP contribution in [0.4, 0.5) is 5.69 Å². The summed E-state index contributed by atoms with van der Waals surface area (Å²) in [6.07, 6.45) is 1.61. The summed E-state index contributed by atoms with van der Waals surface area (Å²) < 4.78 is 15.1. The number of carbonyl (C=O) groups excluding carboxylic acids is 1. The monoisotopic (exact) mass is 373 g/mol. The molecule has 0 atom stereocenters. The largest absolute Gasteiger partial charge is 0.493 e. The second kappa shape index (κ2) is 9.38. The van der Waals surface area contributed by atoms with E-state index in [4.69, 9.17) is 21.7 Å². The molecule has 8 heteroatoms. The Balaban J connectivity index is 1.92. The SMILES string of the molecule is COC(=O)c1ccc(NC(=S)N/N=C\c2ccc(OC)c(OC)c2)cc1. The number of nitrogens with one attached hydrogen (secondary N) is 2. The zero-order valence-corrected chi connectivity index (χ0v) is 15.4. The molecule has 0 aliphatic heterocycles. The first kappa shape index (κ1) is 19.2. The summed E-state index contributed by atoms with van der Waals surface area (Å²) in [5.41, 5.74) is 4.72. The van der Waals surface area contributed by atoms with Crippen molar-refractivity contribution in [2.75, 3.05) is 26.6 Å². The number of hydrogen-bond donors (Lipinski definition) is 2. The van der Waals surface area contributed by atoms with Crippen molar-refractivity contribution in [3.8, 4) is 11.5 Å². The van der Waals surface area contributed by atoms with Crippen molar-refractivity contribution in [2.24, 2.45) is 5.10 Å². The normalized spacial score (nSPS) is 10.3. The minimum atomic E-state index is -0.392. The summed E-state index contributed by atoms with van der Waals surface area (Å²) in [7, 11) is 4.49. The number of hydrazone groups is 1. The minimum absolute atomic E-state index is 0.313. The highest BCUT2D eigenvalue weighted by atomic mass is 32.1. The van der Waals surface area contributed by atoms with E-state index in [2.05, 4.69) is 20.6 Å². The molecule has 0 fully saturated rings. The highest BCUT2D eigenvalue weighted by Gasteiger charge is 2.05. The van der Waals surface area contributed by atoms with Gasteiger partial charge in [0.15, 0.2) is 16.6 Å². The molecule has 0 spiro atoms. The molecule has 0 aliphatic rings. The Morgan fingerprint density at radius 3 is 2.35 bits per heavy atom. The quantitative estimate of drug-likeness (QED) is 0.349. The maximum absolute atomic E-state index is 11.4. The van der Waals surface area contributed by atoms with E-state index in [1.807, 2.05) is 6.07 Å². The fraction of sp³-hybridized carbons (Fsp3) is 0.167. The van der Waals surface area contributed by atoms with Crippen LogP contribution in [0, 0.1) is 0 Å². The molecule has 0 amide bonds. The number of anilines is 1. The van der Waals surface area contributed by atoms with Crippen molar-refractivity contribution in [1.82, 2.24) is 5.43 Å².